The summed E-state index contributed by atoms with van der Waals surface area (Å²) in [6, 6.07) is 5.31. The summed E-state index contributed by atoms with van der Waals surface area (Å²) in [7, 11) is 0. The molecule has 0 radical (unpaired) electrons. The van der Waals surface area contributed by atoms with Gasteiger partial charge in [0.2, 0.25) is 11.8 Å². The van der Waals surface area contributed by atoms with Crippen LogP contribution in [-0.4, -0.2) is 29.3 Å². The van der Waals surface area contributed by atoms with Crippen molar-refractivity contribution in [3.63, 3.8) is 0 Å². The van der Waals surface area contributed by atoms with Gasteiger partial charge >= 0.3 is 0 Å². The van der Waals surface area contributed by atoms with Gasteiger partial charge in [-0.3, -0.25) is 9.59 Å². The Kier molecular flexibility index (Phi) is 6.76. The molecule has 1 aromatic rings. The highest BCUT2D eigenvalue weighted by Crippen LogP contribution is 2.13. The summed E-state index contributed by atoms with van der Waals surface area (Å²) < 4.78 is 13.0. The fourth-order valence-corrected chi connectivity index (χ4v) is 1.99. The Hall–Kier alpha value is -2.17. The predicted octanol–water partition coefficient (Wildman–Crippen LogP) is 2.50. The lowest BCUT2D eigenvalue weighted by Crippen LogP contribution is -2.48. The highest BCUT2D eigenvalue weighted by atomic mass is 19.1. The summed E-state index contributed by atoms with van der Waals surface area (Å²) in [5.74, 6) is -0.918. The Balaban J connectivity index is 2.92. The first kappa shape index (κ1) is 17.9. The molecule has 120 valence electrons. The SMILES string of the molecule is C=CCNC(=O)C(C)N(Cc1ccc(F)cc1)C(=O)C(C)C. The first-order valence-electron chi connectivity index (χ1n) is 7.30. The molecular weight excluding hydrogens is 283 g/mol. The first-order valence-corrected chi connectivity index (χ1v) is 7.30. The van der Waals surface area contributed by atoms with Gasteiger partial charge in [-0.1, -0.05) is 32.1 Å². The average Bonchev–Trinajstić information content (AvgIpc) is 2.50. The zero-order chi connectivity index (χ0) is 16.7. The van der Waals surface area contributed by atoms with Crippen LogP contribution in [0.3, 0.4) is 0 Å². The largest absolute Gasteiger partial charge is 0.351 e. The minimum absolute atomic E-state index is 0.120. The van der Waals surface area contributed by atoms with E-state index in [-0.39, 0.29) is 30.1 Å². The van der Waals surface area contributed by atoms with Crippen LogP contribution in [0, 0.1) is 11.7 Å². The molecule has 1 rings (SSSR count). The second-order valence-corrected chi connectivity index (χ2v) is 5.46. The molecule has 0 fully saturated rings. The highest BCUT2D eigenvalue weighted by Gasteiger charge is 2.27. The van der Waals surface area contributed by atoms with Gasteiger partial charge in [-0.2, -0.15) is 0 Å². The monoisotopic (exact) mass is 306 g/mol. The molecule has 0 bridgehead atoms. The highest BCUT2D eigenvalue weighted by molar-refractivity contribution is 5.88. The molecule has 1 aromatic carbocycles. The van der Waals surface area contributed by atoms with E-state index < -0.39 is 6.04 Å². The average molecular weight is 306 g/mol. The molecule has 1 unspecified atom stereocenters. The first-order chi connectivity index (χ1) is 10.4. The van der Waals surface area contributed by atoms with E-state index in [1.54, 1.807) is 39.0 Å². The van der Waals surface area contributed by atoms with Crippen molar-refractivity contribution in [2.24, 2.45) is 5.92 Å². The van der Waals surface area contributed by atoms with E-state index in [2.05, 4.69) is 11.9 Å². The topological polar surface area (TPSA) is 49.4 Å². The van der Waals surface area contributed by atoms with Gasteiger partial charge in [0, 0.05) is 19.0 Å². The fraction of sp³-hybridized carbons (Fsp3) is 0.412. The molecule has 0 heterocycles. The summed E-state index contributed by atoms with van der Waals surface area (Å²) in [6.07, 6.45) is 1.58. The maximum Gasteiger partial charge on any atom is 0.242 e. The third kappa shape index (κ3) is 4.98. The van der Waals surface area contributed by atoms with Gasteiger partial charge < -0.3 is 10.2 Å². The van der Waals surface area contributed by atoms with E-state index in [0.29, 0.717) is 6.54 Å². The van der Waals surface area contributed by atoms with Crippen LogP contribution in [0.5, 0.6) is 0 Å². The van der Waals surface area contributed by atoms with Crippen molar-refractivity contribution in [2.75, 3.05) is 6.54 Å². The van der Waals surface area contributed by atoms with E-state index >= 15 is 0 Å². The number of benzene rings is 1. The number of halogens is 1. The summed E-state index contributed by atoms with van der Waals surface area (Å²) in [6.45, 7) is 9.41. The third-order valence-electron chi connectivity index (χ3n) is 3.31. The maximum absolute atomic E-state index is 13.0. The normalized spacial score (nSPS) is 11.9. The summed E-state index contributed by atoms with van der Waals surface area (Å²) in [4.78, 5) is 26.0. The van der Waals surface area contributed by atoms with Crippen molar-refractivity contribution >= 4 is 11.8 Å². The number of amides is 2. The molecule has 0 saturated carbocycles. The van der Waals surface area contributed by atoms with Crippen LogP contribution < -0.4 is 5.32 Å². The van der Waals surface area contributed by atoms with E-state index in [0.717, 1.165) is 5.56 Å². The number of hydrogen-bond donors (Lipinski definition) is 1. The predicted molar refractivity (Wildman–Crippen MR) is 84.5 cm³/mol. The van der Waals surface area contributed by atoms with Crippen LogP contribution >= 0.6 is 0 Å². The Morgan fingerprint density at radius 3 is 2.36 bits per heavy atom. The van der Waals surface area contributed by atoms with Crippen molar-refractivity contribution in [3.05, 3.63) is 48.3 Å². The van der Waals surface area contributed by atoms with E-state index in [9.17, 15) is 14.0 Å². The zero-order valence-electron chi connectivity index (χ0n) is 13.3. The molecule has 0 spiro atoms. The van der Waals surface area contributed by atoms with Crippen LogP contribution in [0.4, 0.5) is 4.39 Å². The number of carbonyl (C=O) groups excluding carboxylic acids is 2. The maximum atomic E-state index is 13.0. The fourth-order valence-electron chi connectivity index (χ4n) is 1.99. The molecule has 4 nitrogen and oxygen atoms in total. The quantitative estimate of drug-likeness (QED) is 0.787. The van der Waals surface area contributed by atoms with Crippen molar-refractivity contribution in [1.82, 2.24) is 10.2 Å². The molecule has 5 heteroatoms. The molecule has 1 N–H and O–H groups in total. The number of rotatable bonds is 7. The van der Waals surface area contributed by atoms with Crippen LogP contribution in [0.2, 0.25) is 0 Å². The van der Waals surface area contributed by atoms with Crippen molar-refractivity contribution in [2.45, 2.75) is 33.4 Å². The van der Waals surface area contributed by atoms with Crippen molar-refractivity contribution in [1.29, 1.82) is 0 Å². The van der Waals surface area contributed by atoms with Gasteiger partial charge in [-0.05, 0) is 24.6 Å². The van der Waals surface area contributed by atoms with Crippen LogP contribution in [0.25, 0.3) is 0 Å². The van der Waals surface area contributed by atoms with Gasteiger partial charge in [0.05, 0.1) is 0 Å². The Morgan fingerprint density at radius 2 is 1.86 bits per heavy atom. The molecule has 22 heavy (non-hydrogen) atoms. The Labute approximate surface area is 131 Å². The molecule has 0 aliphatic carbocycles. The molecule has 0 aliphatic heterocycles. The van der Waals surface area contributed by atoms with Gasteiger partial charge in [-0.15, -0.1) is 6.58 Å². The minimum Gasteiger partial charge on any atom is -0.351 e. The van der Waals surface area contributed by atoms with E-state index in [4.69, 9.17) is 0 Å². The molecule has 0 aromatic heterocycles. The van der Waals surface area contributed by atoms with Crippen LogP contribution in [0.1, 0.15) is 26.3 Å². The molecule has 0 aliphatic rings. The molecule has 2 amide bonds. The van der Waals surface area contributed by atoms with Gasteiger partial charge in [0.15, 0.2) is 0 Å². The summed E-state index contributed by atoms with van der Waals surface area (Å²) in [5.41, 5.74) is 0.777. The Morgan fingerprint density at radius 1 is 1.27 bits per heavy atom. The van der Waals surface area contributed by atoms with Crippen molar-refractivity contribution in [3.8, 4) is 0 Å². The molecular formula is C17H23FN2O2. The molecule has 1 atom stereocenters. The lowest BCUT2D eigenvalue weighted by Gasteiger charge is -2.30. The zero-order valence-corrected chi connectivity index (χ0v) is 13.3. The minimum atomic E-state index is -0.611. The number of nitrogens with one attached hydrogen (secondary N) is 1. The van der Waals surface area contributed by atoms with Gasteiger partial charge in [0.25, 0.3) is 0 Å². The van der Waals surface area contributed by atoms with E-state index in [1.165, 1.54) is 17.0 Å². The molecule has 0 saturated heterocycles. The lowest BCUT2D eigenvalue weighted by molar-refractivity contribution is -0.142. The standard InChI is InChI=1S/C17H23FN2O2/c1-5-10-19-16(21)13(4)20(17(22)12(2)3)11-14-6-8-15(18)9-7-14/h5-9,12-13H,1,10-11H2,2-4H3,(H,19,21). The number of nitrogens with zero attached hydrogens (tertiary/aromatic N) is 1. The van der Waals surface area contributed by atoms with Gasteiger partial charge in [0.1, 0.15) is 11.9 Å². The second kappa shape index (κ2) is 8.32. The van der Waals surface area contributed by atoms with Crippen LogP contribution in [-0.2, 0) is 16.1 Å². The van der Waals surface area contributed by atoms with Crippen molar-refractivity contribution < 1.29 is 14.0 Å². The number of hydrogen-bond acceptors (Lipinski definition) is 2. The smallest absolute Gasteiger partial charge is 0.242 e. The van der Waals surface area contributed by atoms with Gasteiger partial charge in [-0.25, -0.2) is 4.39 Å². The Bertz CT molecular complexity index is 526. The number of carbonyl (C=O) groups is 2. The third-order valence-corrected chi connectivity index (χ3v) is 3.31. The lowest BCUT2D eigenvalue weighted by atomic mass is 10.1. The summed E-state index contributed by atoms with van der Waals surface area (Å²) >= 11 is 0. The van der Waals surface area contributed by atoms with E-state index in [1.807, 2.05) is 0 Å². The summed E-state index contributed by atoms with van der Waals surface area (Å²) in [5, 5.41) is 2.69. The second-order valence-electron chi connectivity index (χ2n) is 5.46. The van der Waals surface area contributed by atoms with Crippen LogP contribution in [0.15, 0.2) is 36.9 Å².